The molecule has 0 aliphatic carbocycles. The number of nitrogens with one attached hydrogen (secondary N) is 2. The summed E-state index contributed by atoms with van der Waals surface area (Å²) in [7, 11) is -4.29. The number of ether oxygens (including phenoxy) is 1. The van der Waals surface area contributed by atoms with Crippen molar-refractivity contribution in [2.75, 3.05) is 29.7 Å². The topological polar surface area (TPSA) is 181 Å². The molecule has 2 aromatic carbocycles. The van der Waals surface area contributed by atoms with Crippen LogP contribution in [-0.2, 0) is 14.8 Å². The molecule has 2 aromatic rings. The molecule has 3 rings (SSSR count). The predicted octanol–water partition coefficient (Wildman–Crippen LogP) is 3.10. The van der Waals surface area contributed by atoms with Gasteiger partial charge < -0.3 is 25.6 Å². The quantitative estimate of drug-likeness (QED) is 0.216. The monoisotopic (exact) mass is 563 g/mol. The number of aliphatic carboxylic acids is 1. The number of carboxylic acids is 1. The summed E-state index contributed by atoms with van der Waals surface area (Å²) in [6, 6.07) is 8.74. The number of phenols is 1. The fourth-order valence-corrected chi connectivity index (χ4v) is 5.41. The molecule has 1 aliphatic rings. The number of nitrogens with two attached hydrogens (primary N) is 1. The van der Waals surface area contributed by atoms with Gasteiger partial charge in [0.05, 0.1) is 23.1 Å². The number of anilines is 1. The number of hydrogen-bond acceptors (Lipinski definition) is 7. The summed E-state index contributed by atoms with van der Waals surface area (Å²) >= 11 is 6.44. The van der Waals surface area contributed by atoms with Crippen LogP contribution >= 0.6 is 11.6 Å². The van der Waals surface area contributed by atoms with Crippen LogP contribution in [0, 0.1) is 10.8 Å². The molecule has 1 saturated heterocycles. The summed E-state index contributed by atoms with van der Waals surface area (Å²) in [5, 5.41) is 34.7. The van der Waals surface area contributed by atoms with E-state index < -0.39 is 21.7 Å². The van der Waals surface area contributed by atoms with Crippen molar-refractivity contribution in [3.05, 3.63) is 58.6 Å². The number of aromatic hydroxyl groups is 1. The van der Waals surface area contributed by atoms with Crippen LogP contribution in [0.4, 0.5) is 5.69 Å². The SMILES string of the molecule is CC(=N)N1CCC(Oc2ccc(N(CC=Cc3cc(C(=N)N)ccc3O)S(=O)(=O)CC(=O)O)cc2Cl)CC1. The average Bonchev–Trinajstić information content (AvgIpc) is 2.83. The fraction of sp³-hybridized carbons (Fsp3) is 0.320. The van der Waals surface area contributed by atoms with Crippen LogP contribution in [-0.4, -0.2) is 72.7 Å². The van der Waals surface area contributed by atoms with Crippen LogP contribution in [0.2, 0.25) is 5.02 Å². The van der Waals surface area contributed by atoms with Gasteiger partial charge in [0.15, 0.2) is 5.75 Å². The van der Waals surface area contributed by atoms with Crippen molar-refractivity contribution >= 4 is 51.0 Å². The van der Waals surface area contributed by atoms with E-state index in [4.69, 9.17) is 38.0 Å². The summed E-state index contributed by atoms with van der Waals surface area (Å²) in [6.07, 6.45) is 4.19. The molecule has 0 aromatic heterocycles. The van der Waals surface area contributed by atoms with Gasteiger partial charge in [-0.1, -0.05) is 23.8 Å². The van der Waals surface area contributed by atoms with E-state index in [9.17, 15) is 18.3 Å². The maximum atomic E-state index is 12.9. The standard InChI is InChI=1S/C25H30ClN5O6S/c1-16(27)30-11-8-20(9-12-30)37-23-7-5-19(14-21(23)26)31(38(35,36)15-24(33)34)10-2-3-17-13-18(25(28)29)4-6-22(17)32/h2-7,13-14,20,27,32H,8-12,15H2,1H3,(H3,28,29)(H,33,34). The molecule has 6 N–H and O–H groups in total. The molecule has 204 valence electrons. The Morgan fingerprint density at radius 1 is 1.24 bits per heavy atom. The maximum absolute atomic E-state index is 12.9. The van der Waals surface area contributed by atoms with E-state index in [1.807, 2.05) is 4.90 Å². The molecule has 0 spiro atoms. The summed E-state index contributed by atoms with van der Waals surface area (Å²) in [5.41, 5.74) is 6.32. The number of phenolic OH excluding ortho intramolecular Hbond substituents is 1. The Hall–Kier alpha value is -3.77. The van der Waals surface area contributed by atoms with Crippen molar-refractivity contribution in [1.82, 2.24) is 4.90 Å². The van der Waals surface area contributed by atoms with Gasteiger partial charge in [-0.3, -0.25) is 19.9 Å². The largest absolute Gasteiger partial charge is 0.507 e. The van der Waals surface area contributed by atoms with Crippen molar-refractivity contribution in [2.45, 2.75) is 25.9 Å². The first-order chi connectivity index (χ1) is 17.9. The molecule has 0 unspecified atom stereocenters. The van der Waals surface area contributed by atoms with Gasteiger partial charge in [-0.15, -0.1) is 0 Å². The fourth-order valence-electron chi connectivity index (χ4n) is 3.97. The lowest BCUT2D eigenvalue weighted by molar-refractivity contribution is -0.134. The zero-order valence-electron chi connectivity index (χ0n) is 20.7. The van der Waals surface area contributed by atoms with E-state index in [-0.39, 0.29) is 34.9 Å². The Kier molecular flexibility index (Phi) is 9.23. The number of nitrogen functional groups attached to an aromatic ring is 1. The smallest absolute Gasteiger partial charge is 0.320 e. The van der Waals surface area contributed by atoms with Gasteiger partial charge in [0.1, 0.15) is 23.4 Å². The second-order valence-electron chi connectivity index (χ2n) is 8.78. The van der Waals surface area contributed by atoms with Gasteiger partial charge in [-0.25, -0.2) is 8.42 Å². The van der Waals surface area contributed by atoms with E-state index in [1.165, 1.54) is 42.5 Å². The number of piperidine rings is 1. The lowest BCUT2D eigenvalue weighted by atomic mass is 10.1. The Balaban J connectivity index is 1.83. The maximum Gasteiger partial charge on any atom is 0.320 e. The van der Waals surface area contributed by atoms with Crippen molar-refractivity contribution in [3.63, 3.8) is 0 Å². The Bertz CT molecular complexity index is 1360. The number of carbonyl (C=O) groups is 1. The highest BCUT2D eigenvalue weighted by atomic mass is 35.5. The number of amidine groups is 2. The van der Waals surface area contributed by atoms with Crippen LogP contribution in [0.3, 0.4) is 0 Å². The third-order valence-corrected chi connectivity index (χ3v) is 7.90. The van der Waals surface area contributed by atoms with Crippen molar-refractivity contribution in [3.8, 4) is 11.5 Å². The minimum atomic E-state index is -4.29. The van der Waals surface area contributed by atoms with E-state index >= 15 is 0 Å². The molecule has 1 fully saturated rings. The molecule has 13 heteroatoms. The van der Waals surface area contributed by atoms with Crippen LogP contribution < -0.4 is 14.8 Å². The summed E-state index contributed by atoms with van der Waals surface area (Å²) in [5.74, 6) is -2.06. The third kappa shape index (κ3) is 7.39. The number of sulfonamides is 1. The molecular weight excluding hydrogens is 534 g/mol. The Morgan fingerprint density at radius 3 is 2.50 bits per heavy atom. The molecular formula is C25H30ClN5O6S. The highest BCUT2D eigenvalue weighted by molar-refractivity contribution is 7.93. The third-order valence-electron chi connectivity index (χ3n) is 5.96. The van der Waals surface area contributed by atoms with E-state index in [0.29, 0.717) is 48.6 Å². The van der Waals surface area contributed by atoms with Crippen LogP contribution in [0.5, 0.6) is 11.5 Å². The zero-order chi connectivity index (χ0) is 28.0. The van der Waals surface area contributed by atoms with Gasteiger partial charge in [-0.05, 0) is 43.3 Å². The number of hydrogen-bond donors (Lipinski definition) is 5. The van der Waals surface area contributed by atoms with Gasteiger partial charge in [-0.2, -0.15) is 0 Å². The Morgan fingerprint density at radius 2 is 1.92 bits per heavy atom. The van der Waals surface area contributed by atoms with Crippen LogP contribution in [0.15, 0.2) is 42.5 Å². The van der Waals surface area contributed by atoms with Crippen LogP contribution in [0.1, 0.15) is 30.9 Å². The van der Waals surface area contributed by atoms with Gasteiger partial charge in [0, 0.05) is 37.1 Å². The summed E-state index contributed by atoms with van der Waals surface area (Å²) in [4.78, 5) is 13.2. The summed E-state index contributed by atoms with van der Waals surface area (Å²) < 4.78 is 32.8. The van der Waals surface area contributed by atoms with E-state index in [1.54, 1.807) is 13.0 Å². The van der Waals surface area contributed by atoms with Crippen molar-refractivity contribution in [1.29, 1.82) is 10.8 Å². The minimum absolute atomic E-state index is 0.0997. The molecule has 0 amide bonds. The zero-order valence-corrected chi connectivity index (χ0v) is 22.3. The Labute approximate surface area is 226 Å². The van der Waals surface area contributed by atoms with Crippen LogP contribution in [0.25, 0.3) is 6.08 Å². The lowest BCUT2D eigenvalue weighted by Crippen LogP contribution is -2.40. The number of rotatable bonds is 10. The minimum Gasteiger partial charge on any atom is -0.507 e. The molecule has 0 atom stereocenters. The molecule has 0 bridgehead atoms. The second-order valence-corrected chi connectivity index (χ2v) is 11.1. The normalized spacial score (nSPS) is 14.4. The highest BCUT2D eigenvalue weighted by Gasteiger charge is 2.26. The number of halogens is 1. The first-order valence-electron chi connectivity index (χ1n) is 11.7. The molecule has 0 radical (unpaired) electrons. The van der Waals surface area contributed by atoms with Crippen molar-refractivity contribution < 1.29 is 28.2 Å². The lowest BCUT2D eigenvalue weighted by Gasteiger charge is -2.33. The molecule has 1 heterocycles. The highest BCUT2D eigenvalue weighted by Crippen LogP contribution is 2.33. The summed E-state index contributed by atoms with van der Waals surface area (Å²) in [6.45, 7) is 2.86. The first-order valence-corrected chi connectivity index (χ1v) is 13.7. The molecule has 11 nitrogen and oxygen atoms in total. The van der Waals surface area contributed by atoms with E-state index in [0.717, 1.165) is 4.31 Å². The number of benzene rings is 2. The molecule has 38 heavy (non-hydrogen) atoms. The van der Waals surface area contributed by atoms with Gasteiger partial charge in [0.2, 0.25) is 10.0 Å². The number of carboxylic acid groups (broad SMARTS) is 1. The average molecular weight is 564 g/mol. The van der Waals surface area contributed by atoms with Gasteiger partial charge in [0.25, 0.3) is 0 Å². The predicted molar refractivity (Wildman–Crippen MR) is 147 cm³/mol. The number of likely N-dealkylation sites (tertiary alicyclic amines) is 1. The molecule has 0 saturated carbocycles. The van der Waals surface area contributed by atoms with E-state index in [2.05, 4.69) is 0 Å². The second kappa shape index (κ2) is 12.2. The number of nitrogens with zero attached hydrogens (tertiary/aromatic N) is 2. The van der Waals surface area contributed by atoms with Crippen molar-refractivity contribution in [2.24, 2.45) is 5.73 Å². The molecule has 1 aliphatic heterocycles. The first kappa shape index (κ1) is 28.8. The van der Waals surface area contributed by atoms with Gasteiger partial charge >= 0.3 is 5.97 Å².